The molecule has 0 bridgehead atoms. The number of carbonyl (C=O) groups is 11. The molecule has 10 amide bonds. The average Bonchev–Trinajstić information content (AvgIpc) is 3.33. The van der Waals surface area contributed by atoms with Crippen LogP contribution in [0.15, 0.2) is 54.6 Å². The van der Waals surface area contributed by atoms with Gasteiger partial charge in [0.2, 0.25) is 59.1 Å². The Morgan fingerprint density at radius 3 is 1.23 bits per heavy atom. The first-order valence-electron chi connectivity index (χ1n) is 22.3. The van der Waals surface area contributed by atoms with Crippen LogP contribution in [0.1, 0.15) is 44.2 Å². The van der Waals surface area contributed by atoms with Crippen LogP contribution in [-0.4, -0.2) is 187 Å². The summed E-state index contributed by atoms with van der Waals surface area (Å²) in [5, 5.41) is 87.6. The van der Waals surface area contributed by atoms with Gasteiger partial charge in [0.05, 0.1) is 44.5 Å². The van der Waals surface area contributed by atoms with Gasteiger partial charge in [0.1, 0.15) is 54.1 Å². The number of rotatable bonds is 31. The molecule has 2 aromatic carbocycles. The quantitative estimate of drug-likeness (QED) is 0.0333. The first-order valence-corrected chi connectivity index (χ1v) is 22.3. The molecule has 11 atom stereocenters. The Balaban J connectivity index is 2.21. The molecule has 29 heteroatoms. The third kappa shape index (κ3) is 20.8. The van der Waals surface area contributed by atoms with Crippen molar-refractivity contribution in [2.75, 3.05) is 19.8 Å². The number of benzene rings is 2. The molecule has 0 saturated carbocycles. The minimum atomic E-state index is -2.01. The highest BCUT2D eigenvalue weighted by molar-refractivity contribution is 5.98. The minimum absolute atomic E-state index is 0.153. The van der Waals surface area contributed by atoms with Crippen molar-refractivity contribution in [3.8, 4) is 5.75 Å². The number of amides is 10. The number of aromatic hydroxyl groups is 1. The van der Waals surface area contributed by atoms with Gasteiger partial charge in [0.15, 0.2) is 0 Å². The lowest BCUT2D eigenvalue weighted by atomic mass is 10.0. The molecule has 0 spiro atoms. The molecule has 21 N–H and O–H groups in total. The Morgan fingerprint density at radius 2 is 0.836 bits per heavy atom. The molecule has 0 heterocycles. The van der Waals surface area contributed by atoms with Crippen LogP contribution in [0.2, 0.25) is 0 Å². The van der Waals surface area contributed by atoms with Crippen LogP contribution < -0.4 is 59.7 Å². The van der Waals surface area contributed by atoms with E-state index in [1.54, 1.807) is 30.3 Å². The largest absolute Gasteiger partial charge is 0.508 e. The molecule has 0 aliphatic rings. The van der Waals surface area contributed by atoms with Gasteiger partial charge >= 0.3 is 5.97 Å². The van der Waals surface area contributed by atoms with E-state index in [1.807, 2.05) is 10.6 Å². The molecular formula is C44H63N11O18. The molecule has 73 heavy (non-hydrogen) atoms. The molecule has 0 radical (unpaired) electrons. The third-order valence-electron chi connectivity index (χ3n) is 10.6. The van der Waals surface area contributed by atoms with Gasteiger partial charge in [-0.2, -0.15) is 0 Å². The highest BCUT2D eigenvalue weighted by Crippen LogP contribution is 2.13. The number of carboxylic acids is 1. The van der Waals surface area contributed by atoms with Gasteiger partial charge in [0, 0.05) is 19.3 Å². The monoisotopic (exact) mass is 1030 g/mol. The second-order valence-corrected chi connectivity index (χ2v) is 16.5. The fourth-order valence-electron chi connectivity index (χ4n) is 6.49. The van der Waals surface area contributed by atoms with E-state index < -0.39 is 158 Å². The fraction of sp³-hybridized carbons (Fsp3) is 0.477. The van der Waals surface area contributed by atoms with Crippen molar-refractivity contribution in [1.82, 2.24) is 42.5 Å². The summed E-state index contributed by atoms with van der Waals surface area (Å²) in [6.45, 7) is -1.47. The van der Waals surface area contributed by atoms with Gasteiger partial charge in [-0.25, -0.2) is 4.79 Å². The number of phenols is 1. The summed E-state index contributed by atoms with van der Waals surface area (Å²) in [6, 6.07) is -2.53. The maximum Gasteiger partial charge on any atom is 0.326 e. The van der Waals surface area contributed by atoms with Crippen LogP contribution in [0.25, 0.3) is 0 Å². The molecule has 0 aliphatic heterocycles. The highest BCUT2D eigenvalue weighted by Gasteiger charge is 2.37. The Kier molecular flexibility index (Phi) is 25.3. The van der Waals surface area contributed by atoms with Crippen LogP contribution in [0.3, 0.4) is 0 Å². The SMILES string of the molecule is C[C@@H](O)[C@H](NC(=O)[C@H](CO)NC(=O)[C@H](CO)NC(=O)[C@@H](NC(=O)[C@H](Cc1ccccc1)NC(=O)[C@@H](N)CCC(N)=O)[C@@H](C)O)C(=O)N[C@@H](CO)C(=O)N[C@@H](Cc1ccc(O)cc1)C(=O)N[C@@H](CC(N)=O)C(=O)O. The Hall–Kier alpha value is -7.83. The molecule has 402 valence electrons. The number of carbonyl (C=O) groups excluding carboxylic acids is 10. The average molecular weight is 1030 g/mol. The van der Waals surface area contributed by atoms with E-state index in [9.17, 15) is 88.5 Å². The van der Waals surface area contributed by atoms with Crippen LogP contribution in [0.4, 0.5) is 0 Å². The maximum atomic E-state index is 13.6. The standard InChI is InChI=1S/C44H63N11O18/c1-20(59)34(54-38(66)27(14-22-6-4-3-5-7-22)48-36(64)25(45)12-13-32(46)62)42(70)53-30(18-57)40(68)51-31(19-58)41(69)55-35(21(2)60)43(71)52-29(17-56)39(67)49-26(15-23-8-10-24(61)11-9-23)37(65)50-28(44(72)73)16-33(47)63/h3-11,20-21,25-31,34-35,56-61H,12-19,45H2,1-2H3,(H2,46,62)(H2,47,63)(H,48,64)(H,49,67)(H,50,65)(H,51,68)(H,52,71)(H,53,70)(H,54,66)(H,55,69)(H,72,73)/t20-,21-,25+,26+,27+,28+,29+,30+,31+,34+,35+/m1/s1. The summed E-state index contributed by atoms with van der Waals surface area (Å²) in [6.07, 6.45) is -5.26. The number of aliphatic hydroxyl groups is 5. The number of nitrogens with two attached hydrogens (primary N) is 3. The number of aliphatic carboxylic acids is 1. The molecule has 0 saturated heterocycles. The lowest BCUT2D eigenvalue weighted by Crippen LogP contribution is -2.63. The number of hydrogen-bond donors (Lipinski definition) is 18. The van der Waals surface area contributed by atoms with Crippen molar-refractivity contribution in [2.45, 2.75) is 113 Å². The zero-order valence-electron chi connectivity index (χ0n) is 39.6. The van der Waals surface area contributed by atoms with Gasteiger partial charge in [-0.15, -0.1) is 0 Å². The van der Waals surface area contributed by atoms with Gasteiger partial charge in [-0.3, -0.25) is 47.9 Å². The number of aliphatic hydroxyl groups excluding tert-OH is 5. The van der Waals surface area contributed by atoms with Crippen molar-refractivity contribution in [3.05, 3.63) is 65.7 Å². The van der Waals surface area contributed by atoms with Crippen molar-refractivity contribution in [1.29, 1.82) is 0 Å². The lowest BCUT2D eigenvalue weighted by Gasteiger charge is -2.28. The first-order chi connectivity index (χ1) is 34.3. The van der Waals surface area contributed by atoms with E-state index in [2.05, 4.69) is 31.9 Å². The van der Waals surface area contributed by atoms with Crippen molar-refractivity contribution in [3.63, 3.8) is 0 Å². The van der Waals surface area contributed by atoms with E-state index in [1.165, 1.54) is 24.3 Å². The van der Waals surface area contributed by atoms with Crippen molar-refractivity contribution < 1.29 is 88.5 Å². The smallest absolute Gasteiger partial charge is 0.326 e. The summed E-state index contributed by atoms with van der Waals surface area (Å²) < 4.78 is 0. The summed E-state index contributed by atoms with van der Waals surface area (Å²) in [5.41, 5.74) is 16.9. The summed E-state index contributed by atoms with van der Waals surface area (Å²) >= 11 is 0. The van der Waals surface area contributed by atoms with Crippen LogP contribution in [0.5, 0.6) is 5.75 Å². The summed E-state index contributed by atoms with van der Waals surface area (Å²) in [5.74, 6) is -13.3. The van der Waals surface area contributed by atoms with Gasteiger partial charge in [0.25, 0.3) is 0 Å². The predicted octanol–water partition coefficient (Wildman–Crippen LogP) is -8.65. The molecule has 0 aliphatic carbocycles. The molecule has 2 rings (SSSR count). The summed E-state index contributed by atoms with van der Waals surface area (Å²) in [7, 11) is 0. The van der Waals surface area contributed by atoms with Gasteiger partial charge < -0.3 is 95.5 Å². The first kappa shape index (κ1) is 61.3. The second kappa shape index (κ2) is 30.1. The molecular weight excluding hydrogens is 971 g/mol. The van der Waals surface area contributed by atoms with E-state index in [-0.39, 0.29) is 31.4 Å². The molecule has 2 aromatic rings. The third-order valence-corrected chi connectivity index (χ3v) is 10.6. The maximum absolute atomic E-state index is 13.6. The summed E-state index contributed by atoms with van der Waals surface area (Å²) in [4.78, 5) is 141. The number of nitrogens with one attached hydrogen (secondary N) is 8. The van der Waals surface area contributed by atoms with E-state index in [0.717, 1.165) is 13.8 Å². The Labute approximate surface area is 416 Å². The topological polar surface area (TPSA) is 504 Å². The van der Waals surface area contributed by atoms with Crippen molar-refractivity contribution in [2.24, 2.45) is 17.2 Å². The minimum Gasteiger partial charge on any atom is -0.508 e. The molecule has 0 aromatic heterocycles. The van der Waals surface area contributed by atoms with Crippen LogP contribution in [0, 0.1) is 0 Å². The Morgan fingerprint density at radius 1 is 0.479 bits per heavy atom. The Bertz CT molecular complexity index is 2250. The molecule has 0 unspecified atom stereocenters. The normalized spacial score (nSPS) is 15.5. The molecule has 29 nitrogen and oxygen atoms in total. The van der Waals surface area contributed by atoms with E-state index in [0.29, 0.717) is 11.1 Å². The lowest BCUT2D eigenvalue weighted by molar-refractivity contribution is -0.143. The van der Waals surface area contributed by atoms with Crippen molar-refractivity contribution >= 4 is 65.0 Å². The van der Waals surface area contributed by atoms with Crippen LogP contribution in [-0.2, 0) is 65.6 Å². The zero-order chi connectivity index (χ0) is 55.1. The molecule has 0 fully saturated rings. The zero-order valence-corrected chi connectivity index (χ0v) is 39.6. The predicted molar refractivity (Wildman–Crippen MR) is 250 cm³/mol. The van der Waals surface area contributed by atoms with Gasteiger partial charge in [-0.05, 0) is 43.5 Å². The van der Waals surface area contributed by atoms with E-state index >= 15 is 0 Å². The second-order valence-electron chi connectivity index (χ2n) is 16.5. The number of hydrogen-bond acceptors (Lipinski definition) is 18. The van der Waals surface area contributed by atoms with E-state index in [4.69, 9.17) is 17.2 Å². The number of primary amides is 2. The fourth-order valence-corrected chi connectivity index (χ4v) is 6.49. The number of carboxylic acid groups (broad SMARTS) is 1. The highest BCUT2D eigenvalue weighted by atomic mass is 16.4. The van der Waals surface area contributed by atoms with Crippen LogP contribution >= 0.6 is 0 Å². The number of phenolic OH excluding ortho intramolecular Hbond substituents is 1. The van der Waals surface area contributed by atoms with Gasteiger partial charge in [-0.1, -0.05) is 42.5 Å².